The van der Waals surface area contributed by atoms with Crippen molar-refractivity contribution in [1.29, 1.82) is 0 Å². The van der Waals surface area contributed by atoms with Crippen molar-refractivity contribution in [3.63, 3.8) is 0 Å². The monoisotopic (exact) mass is 556 g/mol. The molecule has 0 aliphatic carbocycles. The molecule has 36 heavy (non-hydrogen) atoms. The number of halogens is 1. The maximum atomic E-state index is 13.8. The molecule has 5 rings (SSSR count). The molecular weight excluding hydrogens is 528 g/mol. The van der Waals surface area contributed by atoms with Gasteiger partial charge in [-0.2, -0.15) is 0 Å². The van der Waals surface area contributed by atoms with Gasteiger partial charge in [0.1, 0.15) is 5.58 Å². The van der Waals surface area contributed by atoms with Crippen molar-refractivity contribution in [2.75, 3.05) is 53.1 Å². The first-order chi connectivity index (χ1) is 17.5. The fourth-order valence-corrected chi connectivity index (χ4v) is 5.35. The summed E-state index contributed by atoms with van der Waals surface area (Å²) in [5.41, 5.74) is 1.33. The second-order valence-corrected chi connectivity index (χ2v) is 9.78. The summed E-state index contributed by atoms with van der Waals surface area (Å²) < 4.78 is 23.5. The molecule has 0 radical (unpaired) electrons. The van der Waals surface area contributed by atoms with Crippen LogP contribution in [0.25, 0.3) is 11.0 Å². The van der Waals surface area contributed by atoms with Crippen molar-refractivity contribution in [3.8, 4) is 11.5 Å². The number of carbonyl (C=O) groups is 1. The number of fused-ring (bicyclic) bond motifs is 2. The Hall–Kier alpha value is -2.88. The highest BCUT2D eigenvalue weighted by molar-refractivity contribution is 9.10. The molecule has 2 aliphatic rings. The van der Waals surface area contributed by atoms with Crippen LogP contribution in [0.1, 0.15) is 41.1 Å². The molecular formula is C27H29BrN2O6. The Balaban J connectivity index is 1.56. The van der Waals surface area contributed by atoms with Crippen LogP contribution >= 0.6 is 15.9 Å². The highest BCUT2D eigenvalue weighted by Gasteiger charge is 2.42. The minimum Gasteiger partial charge on any atom is -0.493 e. The molecule has 1 amide bonds. The van der Waals surface area contributed by atoms with E-state index in [1.807, 2.05) is 25.1 Å². The molecule has 1 atom stereocenters. The van der Waals surface area contributed by atoms with Crippen molar-refractivity contribution in [3.05, 3.63) is 68.0 Å². The third kappa shape index (κ3) is 4.63. The van der Waals surface area contributed by atoms with E-state index in [2.05, 4.69) is 20.8 Å². The third-order valence-corrected chi connectivity index (χ3v) is 7.20. The Labute approximate surface area is 217 Å². The Morgan fingerprint density at radius 1 is 1.06 bits per heavy atom. The standard InChI is InChI=1S/C27H29BrN2O6/c1-3-35-21-7-5-17(15-22(21)33-2)24-23-25(31)19-16-18(28)6-8-20(19)36-26(23)27(32)30(24)10-4-9-29-11-13-34-14-12-29/h5-8,15-16,24H,3-4,9-14H2,1-2H3/t24-/m1/s1. The van der Waals surface area contributed by atoms with Gasteiger partial charge in [0.25, 0.3) is 5.91 Å². The quantitative estimate of drug-likeness (QED) is 0.410. The summed E-state index contributed by atoms with van der Waals surface area (Å²) in [4.78, 5) is 31.5. The molecule has 0 N–H and O–H groups in total. The Morgan fingerprint density at radius 3 is 2.61 bits per heavy atom. The van der Waals surface area contributed by atoms with Gasteiger partial charge in [-0.3, -0.25) is 14.5 Å². The number of carbonyl (C=O) groups excluding carboxylic acids is 1. The minimum absolute atomic E-state index is 0.110. The number of ether oxygens (including phenoxy) is 3. The lowest BCUT2D eigenvalue weighted by atomic mass is 9.98. The van der Waals surface area contributed by atoms with E-state index in [1.54, 1.807) is 30.2 Å². The second kappa shape index (κ2) is 10.6. The van der Waals surface area contributed by atoms with Crippen LogP contribution < -0.4 is 14.9 Å². The van der Waals surface area contributed by atoms with Crippen LogP contribution in [0.4, 0.5) is 0 Å². The predicted octanol–water partition coefficient (Wildman–Crippen LogP) is 4.23. The summed E-state index contributed by atoms with van der Waals surface area (Å²) in [5, 5.41) is 0.439. The lowest BCUT2D eigenvalue weighted by molar-refractivity contribution is 0.0353. The Morgan fingerprint density at radius 2 is 1.86 bits per heavy atom. The predicted molar refractivity (Wildman–Crippen MR) is 139 cm³/mol. The molecule has 2 aromatic carbocycles. The van der Waals surface area contributed by atoms with Crippen molar-refractivity contribution in [2.24, 2.45) is 0 Å². The molecule has 3 aromatic rings. The minimum atomic E-state index is -0.582. The molecule has 1 saturated heterocycles. The van der Waals surface area contributed by atoms with E-state index in [9.17, 15) is 9.59 Å². The number of hydrogen-bond donors (Lipinski definition) is 0. The average Bonchev–Trinajstić information content (AvgIpc) is 3.17. The molecule has 2 aliphatic heterocycles. The van der Waals surface area contributed by atoms with Crippen LogP contribution in [-0.4, -0.2) is 68.8 Å². The number of rotatable bonds is 8. The highest BCUT2D eigenvalue weighted by Crippen LogP contribution is 2.41. The van der Waals surface area contributed by atoms with Crippen molar-refractivity contribution in [1.82, 2.24) is 9.80 Å². The normalized spacial score (nSPS) is 18.0. The zero-order valence-corrected chi connectivity index (χ0v) is 22.0. The summed E-state index contributed by atoms with van der Waals surface area (Å²) in [7, 11) is 1.58. The number of amides is 1. The second-order valence-electron chi connectivity index (χ2n) is 8.87. The highest BCUT2D eigenvalue weighted by atomic mass is 79.9. The summed E-state index contributed by atoms with van der Waals surface area (Å²) >= 11 is 3.44. The van der Waals surface area contributed by atoms with Crippen LogP contribution in [0.3, 0.4) is 0 Å². The SMILES string of the molecule is CCOc1ccc([C@@H]2c3c(oc4ccc(Br)cc4c3=O)C(=O)N2CCCN2CCOCC2)cc1OC. The van der Waals surface area contributed by atoms with Gasteiger partial charge in [-0.25, -0.2) is 0 Å². The van der Waals surface area contributed by atoms with E-state index in [1.165, 1.54) is 0 Å². The lowest BCUT2D eigenvalue weighted by Gasteiger charge is -2.29. The summed E-state index contributed by atoms with van der Waals surface area (Å²) in [6.45, 7) is 6.95. The first kappa shape index (κ1) is 24.8. The van der Waals surface area contributed by atoms with Gasteiger partial charge in [0.15, 0.2) is 16.9 Å². The van der Waals surface area contributed by atoms with Crippen LogP contribution in [0.2, 0.25) is 0 Å². The van der Waals surface area contributed by atoms with Gasteiger partial charge < -0.3 is 23.5 Å². The topological polar surface area (TPSA) is 81.5 Å². The van der Waals surface area contributed by atoms with E-state index in [0.29, 0.717) is 41.2 Å². The van der Waals surface area contributed by atoms with Crippen molar-refractivity contribution in [2.45, 2.75) is 19.4 Å². The fraction of sp³-hybridized carbons (Fsp3) is 0.407. The molecule has 190 valence electrons. The summed E-state index contributed by atoms with van der Waals surface area (Å²) in [6, 6.07) is 10.2. The zero-order valence-electron chi connectivity index (χ0n) is 20.4. The van der Waals surface area contributed by atoms with Gasteiger partial charge in [-0.15, -0.1) is 0 Å². The number of benzene rings is 2. The van der Waals surface area contributed by atoms with Crippen LogP contribution in [0.5, 0.6) is 11.5 Å². The van der Waals surface area contributed by atoms with Gasteiger partial charge in [0.2, 0.25) is 5.76 Å². The molecule has 1 fully saturated rings. The van der Waals surface area contributed by atoms with Gasteiger partial charge in [0.05, 0.1) is 43.9 Å². The number of hydrogen-bond acceptors (Lipinski definition) is 7. The van der Waals surface area contributed by atoms with E-state index in [0.717, 1.165) is 49.3 Å². The molecule has 0 bridgehead atoms. The maximum Gasteiger partial charge on any atom is 0.290 e. The number of morpholine rings is 1. The molecule has 3 heterocycles. The molecule has 8 nitrogen and oxygen atoms in total. The third-order valence-electron chi connectivity index (χ3n) is 6.71. The zero-order chi connectivity index (χ0) is 25.2. The average molecular weight is 557 g/mol. The van der Waals surface area contributed by atoms with Crippen LogP contribution in [0.15, 0.2) is 50.1 Å². The Bertz CT molecular complexity index is 1330. The van der Waals surface area contributed by atoms with Gasteiger partial charge in [-0.05, 0) is 49.2 Å². The lowest BCUT2D eigenvalue weighted by Crippen LogP contribution is -2.38. The van der Waals surface area contributed by atoms with E-state index in [4.69, 9.17) is 18.6 Å². The van der Waals surface area contributed by atoms with E-state index < -0.39 is 6.04 Å². The van der Waals surface area contributed by atoms with Crippen LogP contribution in [0, 0.1) is 0 Å². The largest absolute Gasteiger partial charge is 0.493 e. The molecule has 1 aromatic heterocycles. The van der Waals surface area contributed by atoms with Crippen molar-refractivity contribution < 1.29 is 23.4 Å². The smallest absolute Gasteiger partial charge is 0.290 e. The van der Waals surface area contributed by atoms with E-state index in [-0.39, 0.29) is 17.1 Å². The molecule has 9 heteroatoms. The first-order valence-electron chi connectivity index (χ1n) is 12.2. The van der Waals surface area contributed by atoms with Gasteiger partial charge >= 0.3 is 0 Å². The summed E-state index contributed by atoms with van der Waals surface area (Å²) in [5.74, 6) is 1.00. The first-order valence-corrected chi connectivity index (χ1v) is 13.0. The molecule has 0 spiro atoms. The number of nitrogens with zero attached hydrogens (tertiary/aromatic N) is 2. The Kier molecular flexibility index (Phi) is 7.32. The maximum absolute atomic E-state index is 13.8. The fourth-order valence-electron chi connectivity index (χ4n) is 4.99. The van der Waals surface area contributed by atoms with Gasteiger partial charge in [-0.1, -0.05) is 22.0 Å². The van der Waals surface area contributed by atoms with Gasteiger partial charge in [0, 0.05) is 30.7 Å². The molecule has 0 saturated carbocycles. The van der Waals surface area contributed by atoms with Crippen molar-refractivity contribution >= 4 is 32.8 Å². The van der Waals surface area contributed by atoms with E-state index >= 15 is 0 Å². The molecule has 0 unspecified atom stereocenters. The van der Waals surface area contributed by atoms with Crippen LogP contribution in [-0.2, 0) is 4.74 Å². The number of methoxy groups -OCH3 is 1. The summed E-state index contributed by atoms with van der Waals surface area (Å²) in [6.07, 6.45) is 0.768.